The highest BCUT2D eigenvalue weighted by Crippen LogP contribution is 2.28. The van der Waals surface area contributed by atoms with Crippen LogP contribution in [-0.4, -0.2) is 39.4 Å². The Morgan fingerprint density at radius 3 is 2.53 bits per heavy atom. The van der Waals surface area contributed by atoms with E-state index in [2.05, 4.69) is 22.4 Å². The number of hydrogen-bond acceptors (Lipinski definition) is 4. The highest BCUT2D eigenvalue weighted by molar-refractivity contribution is 6.30. The SMILES string of the molecule is O=C(NCc1ccc(Cl)cc1)C1CCN(C(=O)c2ncn3c2CO[C@@H](c2ccccc2)C3)CC1. The van der Waals surface area contributed by atoms with E-state index < -0.39 is 0 Å². The van der Waals surface area contributed by atoms with Crippen LogP contribution in [0.3, 0.4) is 0 Å². The van der Waals surface area contributed by atoms with E-state index in [0.29, 0.717) is 56.3 Å². The second-order valence-corrected chi connectivity index (χ2v) is 9.25. The maximum atomic E-state index is 13.2. The standard InChI is InChI=1S/C26H27ClN4O3/c27-21-8-6-18(7-9-21)14-28-25(32)20-10-12-30(13-11-20)26(33)24-22-16-34-23(15-31(22)17-29-24)19-4-2-1-3-5-19/h1-9,17,20,23H,10-16H2,(H,28,32)/t23-/m1/s1. The van der Waals surface area contributed by atoms with Crippen LogP contribution in [0.4, 0.5) is 0 Å². The third-order valence-corrected chi connectivity index (χ3v) is 6.89. The van der Waals surface area contributed by atoms with Crippen LogP contribution < -0.4 is 5.32 Å². The molecule has 1 saturated heterocycles. The Kier molecular flexibility index (Phi) is 6.65. The van der Waals surface area contributed by atoms with Gasteiger partial charge in [-0.05, 0) is 36.1 Å². The molecule has 1 fully saturated rings. The molecule has 0 aliphatic carbocycles. The van der Waals surface area contributed by atoms with Gasteiger partial charge in [-0.15, -0.1) is 0 Å². The van der Waals surface area contributed by atoms with Crippen molar-refractivity contribution < 1.29 is 14.3 Å². The Bertz CT molecular complexity index is 1150. The summed E-state index contributed by atoms with van der Waals surface area (Å²) in [6.07, 6.45) is 2.97. The average Bonchev–Trinajstić information content (AvgIpc) is 3.32. The van der Waals surface area contributed by atoms with Gasteiger partial charge in [0.2, 0.25) is 5.91 Å². The van der Waals surface area contributed by atoms with Gasteiger partial charge in [-0.3, -0.25) is 9.59 Å². The van der Waals surface area contributed by atoms with Crippen molar-refractivity contribution >= 4 is 23.4 Å². The van der Waals surface area contributed by atoms with Crippen LogP contribution in [0.2, 0.25) is 5.02 Å². The van der Waals surface area contributed by atoms with E-state index in [1.807, 2.05) is 47.0 Å². The molecule has 1 atom stereocenters. The number of carbonyl (C=O) groups excluding carboxylic acids is 2. The van der Waals surface area contributed by atoms with Gasteiger partial charge in [-0.2, -0.15) is 0 Å². The number of piperidine rings is 1. The third-order valence-electron chi connectivity index (χ3n) is 6.64. The zero-order chi connectivity index (χ0) is 23.5. The number of hydrogen-bond donors (Lipinski definition) is 1. The minimum Gasteiger partial charge on any atom is -0.365 e. The van der Waals surface area contributed by atoms with E-state index >= 15 is 0 Å². The van der Waals surface area contributed by atoms with Crippen LogP contribution in [0, 0.1) is 5.92 Å². The van der Waals surface area contributed by atoms with Crippen LogP contribution in [0.15, 0.2) is 60.9 Å². The Labute approximate surface area is 203 Å². The lowest BCUT2D eigenvalue weighted by Crippen LogP contribution is -2.43. The molecule has 1 N–H and O–H groups in total. The molecule has 34 heavy (non-hydrogen) atoms. The number of amides is 2. The first kappa shape index (κ1) is 22.6. The number of fused-ring (bicyclic) bond motifs is 1. The van der Waals surface area contributed by atoms with Crippen molar-refractivity contribution in [3.05, 3.63) is 88.5 Å². The number of nitrogens with zero attached hydrogens (tertiary/aromatic N) is 3. The minimum absolute atomic E-state index is 0.0294. The fourth-order valence-corrected chi connectivity index (χ4v) is 4.73. The number of halogens is 1. The Hall–Kier alpha value is -3.16. The zero-order valence-electron chi connectivity index (χ0n) is 18.8. The van der Waals surface area contributed by atoms with Gasteiger partial charge in [-0.1, -0.05) is 54.1 Å². The normalized spacial score (nSPS) is 18.4. The monoisotopic (exact) mass is 478 g/mol. The molecule has 176 valence electrons. The molecule has 0 saturated carbocycles. The Morgan fingerprint density at radius 1 is 1.06 bits per heavy atom. The topological polar surface area (TPSA) is 76.5 Å². The van der Waals surface area contributed by atoms with Crippen LogP contribution in [0.1, 0.15) is 46.3 Å². The van der Waals surface area contributed by atoms with Gasteiger partial charge in [0.25, 0.3) is 5.91 Å². The van der Waals surface area contributed by atoms with Crippen molar-refractivity contribution in [2.45, 2.75) is 38.6 Å². The van der Waals surface area contributed by atoms with E-state index in [4.69, 9.17) is 16.3 Å². The lowest BCUT2D eigenvalue weighted by atomic mass is 9.95. The number of aromatic nitrogens is 2. The molecule has 0 unspecified atom stereocenters. The van der Waals surface area contributed by atoms with Gasteiger partial charge in [-0.25, -0.2) is 4.98 Å². The predicted molar refractivity (Wildman–Crippen MR) is 128 cm³/mol. The zero-order valence-corrected chi connectivity index (χ0v) is 19.6. The van der Waals surface area contributed by atoms with Crippen molar-refractivity contribution in [3.63, 3.8) is 0 Å². The molecule has 2 aliphatic heterocycles. The van der Waals surface area contributed by atoms with Crippen molar-refractivity contribution in [1.29, 1.82) is 0 Å². The van der Waals surface area contributed by atoms with E-state index in [-0.39, 0.29) is 23.8 Å². The summed E-state index contributed by atoms with van der Waals surface area (Å²) in [6.45, 7) is 2.54. The summed E-state index contributed by atoms with van der Waals surface area (Å²) in [5.41, 5.74) is 3.40. The van der Waals surface area contributed by atoms with Gasteiger partial charge in [0.05, 0.1) is 25.2 Å². The fraction of sp³-hybridized carbons (Fsp3) is 0.346. The predicted octanol–water partition coefficient (Wildman–Crippen LogP) is 3.98. The van der Waals surface area contributed by atoms with Gasteiger partial charge in [0.15, 0.2) is 5.69 Å². The van der Waals surface area contributed by atoms with Gasteiger partial charge < -0.3 is 19.5 Å². The van der Waals surface area contributed by atoms with E-state index in [1.165, 1.54) is 0 Å². The van der Waals surface area contributed by atoms with Crippen molar-refractivity contribution in [3.8, 4) is 0 Å². The molecular weight excluding hydrogens is 452 g/mol. The molecular formula is C26H27ClN4O3. The Balaban J connectivity index is 1.15. The molecule has 5 rings (SSSR count). The maximum Gasteiger partial charge on any atom is 0.274 e. The smallest absolute Gasteiger partial charge is 0.274 e. The van der Waals surface area contributed by atoms with Crippen LogP contribution in [0.5, 0.6) is 0 Å². The summed E-state index contributed by atoms with van der Waals surface area (Å²) in [4.78, 5) is 32.0. The van der Waals surface area contributed by atoms with Crippen molar-refractivity contribution in [1.82, 2.24) is 19.8 Å². The third kappa shape index (κ3) is 4.86. The van der Waals surface area contributed by atoms with Gasteiger partial charge >= 0.3 is 0 Å². The molecule has 3 heterocycles. The van der Waals surface area contributed by atoms with E-state index in [0.717, 1.165) is 16.8 Å². The highest BCUT2D eigenvalue weighted by atomic mass is 35.5. The second-order valence-electron chi connectivity index (χ2n) is 8.81. The molecule has 8 heteroatoms. The minimum atomic E-state index is -0.0952. The molecule has 0 bridgehead atoms. The van der Waals surface area contributed by atoms with Gasteiger partial charge in [0.1, 0.15) is 6.10 Å². The number of rotatable bonds is 5. The molecule has 7 nitrogen and oxygen atoms in total. The molecule has 3 aromatic rings. The summed E-state index contributed by atoms with van der Waals surface area (Å²) in [5.74, 6) is -0.153. The van der Waals surface area contributed by atoms with Crippen LogP contribution >= 0.6 is 11.6 Å². The molecule has 2 amide bonds. The van der Waals surface area contributed by atoms with Crippen molar-refractivity contribution in [2.24, 2.45) is 5.92 Å². The first-order chi connectivity index (χ1) is 16.6. The van der Waals surface area contributed by atoms with Crippen LogP contribution in [0.25, 0.3) is 0 Å². The Morgan fingerprint density at radius 2 is 1.79 bits per heavy atom. The number of imidazole rings is 1. The lowest BCUT2D eigenvalue weighted by Gasteiger charge is -2.31. The van der Waals surface area contributed by atoms with Crippen LogP contribution in [-0.2, 0) is 29.2 Å². The molecule has 0 radical (unpaired) electrons. The van der Waals surface area contributed by atoms with E-state index in [9.17, 15) is 9.59 Å². The largest absolute Gasteiger partial charge is 0.365 e. The fourth-order valence-electron chi connectivity index (χ4n) is 4.61. The first-order valence-corrected chi connectivity index (χ1v) is 12.0. The number of nitrogens with one attached hydrogen (secondary N) is 1. The number of likely N-dealkylation sites (tertiary alicyclic amines) is 1. The summed E-state index contributed by atoms with van der Waals surface area (Å²) < 4.78 is 8.07. The second kappa shape index (κ2) is 9.99. The van der Waals surface area contributed by atoms with E-state index in [1.54, 1.807) is 11.2 Å². The quantitative estimate of drug-likeness (QED) is 0.602. The molecule has 2 aliphatic rings. The molecule has 1 aromatic heterocycles. The highest BCUT2D eigenvalue weighted by Gasteiger charge is 2.32. The molecule has 2 aromatic carbocycles. The summed E-state index contributed by atoms with van der Waals surface area (Å²) >= 11 is 5.91. The van der Waals surface area contributed by atoms with Crippen molar-refractivity contribution in [2.75, 3.05) is 13.1 Å². The number of ether oxygens (including phenoxy) is 1. The lowest BCUT2D eigenvalue weighted by molar-refractivity contribution is -0.126. The molecule has 0 spiro atoms. The summed E-state index contributed by atoms with van der Waals surface area (Å²) in [6, 6.07) is 17.5. The maximum absolute atomic E-state index is 13.2. The summed E-state index contributed by atoms with van der Waals surface area (Å²) in [7, 11) is 0. The number of carbonyl (C=O) groups is 2. The average molecular weight is 479 g/mol. The summed E-state index contributed by atoms with van der Waals surface area (Å²) in [5, 5.41) is 3.68. The number of benzene rings is 2. The van der Waals surface area contributed by atoms with Gasteiger partial charge in [0, 0.05) is 30.6 Å². The first-order valence-electron chi connectivity index (χ1n) is 11.6.